The topological polar surface area (TPSA) is 49.5 Å². The standard InChI is InChI=1S/C14H24N2O/c1-10(2)8-16(11(3)4)9-12-5-6-14(17)13(15)7-12/h5-7,10-11,17H,8-9,15H2,1-4H3. The third kappa shape index (κ3) is 4.27. The van der Waals surface area contributed by atoms with Gasteiger partial charge in [0.15, 0.2) is 0 Å². The second kappa shape index (κ2) is 5.92. The van der Waals surface area contributed by atoms with E-state index in [4.69, 9.17) is 5.73 Å². The summed E-state index contributed by atoms with van der Waals surface area (Å²) >= 11 is 0. The van der Waals surface area contributed by atoms with Crippen LogP contribution < -0.4 is 5.73 Å². The van der Waals surface area contributed by atoms with Crippen LogP contribution in [0, 0.1) is 5.92 Å². The molecule has 0 aliphatic heterocycles. The molecule has 0 aliphatic rings. The average Bonchev–Trinajstić information content (AvgIpc) is 2.21. The average molecular weight is 236 g/mol. The number of phenolic OH excluding ortho intramolecular Hbond substituents is 1. The molecule has 0 saturated carbocycles. The quantitative estimate of drug-likeness (QED) is 0.610. The lowest BCUT2D eigenvalue weighted by Crippen LogP contribution is -2.33. The van der Waals surface area contributed by atoms with E-state index in [2.05, 4.69) is 32.6 Å². The number of anilines is 1. The fourth-order valence-electron chi connectivity index (χ4n) is 1.86. The molecule has 1 aromatic rings. The van der Waals surface area contributed by atoms with E-state index >= 15 is 0 Å². The largest absolute Gasteiger partial charge is 0.506 e. The maximum absolute atomic E-state index is 9.39. The van der Waals surface area contributed by atoms with Gasteiger partial charge in [0.2, 0.25) is 0 Å². The van der Waals surface area contributed by atoms with Crippen molar-refractivity contribution in [3.8, 4) is 5.75 Å². The van der Waals surface area contributed by atoms with Crippen LogP contribution in [0.15, 0.2) is 18.2 Å². The van der Waals surface area contributed by atoms with E-state index in [0.717, 1.165) is 18.7 Å². The van der Waals surface area contributed by atoms with Crippen LogP contribution in [0.4, 0.5) is 5.69 Å². The molecule has 0 atom stereocenters. The van der Waals surface area contributed by atoms with Crippen LogP contribution in [0.5, 0.6) is 5.75 Å². The van der Waals surface area contributed by atoms with Crippen molar-refractivity contribution >= 4 is 5.69 Å². The molecule has 3 heteroatoms. The maximum atomic E-state index is 9.39. The first-order valence-electron chi connectivity index (χ1n) is 6.21. The number of nitrogens with zero attached hydrogens (tertiary/aromatic N) is 1. The Hall–Kier alpha value is -1.22. The lowest BCUT2D eigenvalue weighted by Gasteiger charge is -2.28. The summed E-state index contributed by atoms with van der Waals surface area (Å²) in [5.74, 6) is 0.806. The second-order valence-electron chi connectivity index (χ2n) is 5.31. The van der Waals surface area contributed by atoms with E-state index in [0.29, 0.717) is 17.6 Å². The predicted octanol–water partition coefficient (Wildman–Crippen LogP) is 2.84. The van der Waals surface area contributed by atoms with Crippen molar-refractivity contribution in [2.75, 3.05) is 12.3 Å². The first-order chi connectivity index (χ1) is 7.90. The summed E-state index contributed by atoms with van der Waals surface area (Å²) in [6, 6.07) is 5.96. The van der Waals surface area contributed by atoms with Gasteiger partial charge < -0.3 is 10.8 Å². The minimum atomic E-state index is 0.161. The van der Waals surface area contributed by atoms with Gasteiger partial charge in [0.1, 0.15) is 5.75 Å². The van der Waals surface area contributed by atoms with Gasteiger partial charge in [-0.15, -0.1) is 0 Å². The van der Waals surface area contributed by atoms with E-state index in [1.807, 2.05) is 12.1 Å². The number of hydrogen-bond acceptors (Lipinski definition) is 3. The monoisotopic (exact) mass is 236 g/mol. The predicted molar refractivity (Wildman–Crippen MR) is 72.9 cm³/mol. The maximum Gasteiger partial charge on any atom is 0.138 e. The van der Waals surface area contributed by atoms with Crippen molar-refractivity contribution in [1.82, 2.24) is 4.90 Å². The lowest BCUT2D eigenvalue weighted by atomic mass is 10.1. The Bertz CT molecular complexity index is 361. The Kier molecular flexibility index (Phi) is 4.82. The zero-order valence-electron chi connectivity index (χ0n) is 11.3. The summed E-state index contributed by atoms with van der Waals surface area (Å²) in [6.07, 6.45) is 0. The first-order valence-corrected chi connectivity index (χ1v) is 6.21. The van der Waals surface area contributed by atoms with Crippen LogP contribution in [0.3, 0.4) is 0 Å². The number of aromatic hydroxyl groups is 1. The highest BCUT2D eigenvalue weighted by Crippen LogP contribution is 2.22. The molecular weight excluding hydrogens is 212 g/mol. The molecule has 1 aromatic carbocycles. The van der Waals surface area contributed by atoms with Crippen LogP contribution in [0.25, 0.3) is 0 Å². The summed E-state index contributed by atoms with van der Waals surface area (Å²) in [5, 5.41) is 9.39. The minimum Gasteiger partial charge on any atom is -0.506 e. The fourth-order valence-corrected chi connectivity index (χ4v) is 1.86. The summed E-state index contributed by atoms with van der Waals surface area (Å²) in [5.41, 5.74) is 7.31. The van der Waals surface area contributed by atoms with Gasteiger partial charge in [-0.25, -0.2) is 0 Å². The zero-order chi connectivity index (χ0) is 13.0. The van der Waals surface area contributed by atoms with E-state index in [-0.39, 0.29) is 5.75 Å². The SMILES string of the molecule is CC(C)CN(Cc1ccc(O)c(N)c1)C(C)C. The Morgan fingerprint density at radius 1 is 1.24 bits per heavy atom. The van der Waals surface area contributed by atoms with Gasteiger partial charge in [0, 0.05) is 19.1 Å². The smallest absolute Gasteiger partial charge is 0.138 e. The molecule has 3 N–H and O–H groups in total. The van der Waals surface area contributed by atoms with Crippen molar-refractivity contribution in [3.05, 3.63) is 23.8 Å². The Balaban J connectivity index is 2.75. The van der Waals surface area contributed by atoms with Gasteiger partial charge in [-0.3, -0.25) is 4.90 Å². The van der Waals surface area contributed by atoms with Crippen molar-refractivity contribution in [3.63, 3.8) is 0 Å². The third-order valence-corrected chi connectivity index (χ3v) is 2.81. The molecule has 0 fully saturated rings. The highest BCUT2D eigenvalue weighted by molar-refractivity contribution is 5.53. The molecule has 3 nitrogen and oxygen atoms in total. The number of benzene rings is 1. The number of hydrogen-bond donors (Lipinski definition) is 2. The molecule has 1 rings (SSSR count). The molecule has 0 saturated heterocycles. The summed E-state index contributed by atoms with van der Waals surface area (Å²) < 4.78 is 0. The number of phenols is 1. The number of nitrogen functional groups attached to an aromatic ring is 1. The fraction of sp³-hybridized carbons (Fsp3) is 0.571. The van der Waals surface area contributed by atoms with Gasteiger partial charge in [-0.2, -0.15) is 0 Å². The van der Waals surface area contributed by atoms with Crippen LogP contribution in [0.1, 0.15) is 33.3 Å². The van der Waals surface area contributed by atoms with Crippen molar-refractivity contribution in [2.24, 2.45) is 5.92 Å². The van der Waals surface area contributed by atoms with Crippen LogP contribution >= 0.6 is 0 Å². The Labute approximate surface area is 104 Å². The molecule has 0 aromatic heterocycles. The summed E-state index contributed by atoms with van der Waals surface area (Å²) in [4.78, 5) is 2.41. The van der Waals surface area contributed by atoms with Gasteiger partial charge >= 0.3 is 0 Å². The lowest BCUT2D eigenvalue weighted by molar-refractivity contribution is 0.189. The van der Waals surface area contributed by atoms with Crippen LogP contribution in [-0.4, -0.2) is 22.6 Å². The molecule has 0 bridgehead atoms. The zero-order valence-corrected chi connectivity index (χ0v) is 11.3. The molecule has 0 unspecified atom stereocenters. The summed E-state index contributed by atoms with van der Waals surface area (Å²) in [7, 11) is 0. The van der Waals surface area contributed by atoms with Crippen molar-refractivity contribution in [2.45, 2.75) is 40.3 Å². The molecule has 0 radical (unpaired) electrons. The molecule has 0 spiro atoms. The molecular formula is C14H24N2O. The van der Waals surface area contributed by atoms with Gasteiger partial charge in [0.05, 0.1) is 5.69 Å². The number of nitrogens with two attached hydrogens (primary N) is 1. The van der Waals surface area contributed by atoms with Crippen molar-refractivity contribution in [1.29, 1.82) is 0 Å². The summed E-state index contributed by atoms with van der Waals surface area (Å²) in [6.45, 7) is 10.8. The normalized spacial score (nSPS) is 11.7. The molecule has 17 heavy (non-hydrogen) atoms. The van der Waals surface area contributed by atoms with E-state index in [1.54, 1.807) is 6.07 Å². The van der Waals surface area contributed by atoms with Gasteiger partial charge in [-0.1, -0.05) is 19.9 Å². The van der Waals surface area contributed by atoms with Crippen LogP contribution in [-0.2, 0) is 6.54 Å². The highest BCUT2D eigenvalue weighted by Gasteiger charge is 2.12. The molecule has 0 aliphatic carbocycles. The number of rotatable bonds is 5. The second-order valence-corrected chi connectivity index (χ2v) is 5.31. The molecule has 96 valence electrons. The Morgan fingerprint density at radius 3 is 2.35 bits per heavy atom. The Morgan fingerprint density at radius 2 is 1.88 bits per heavy atom. The van der Waals surface area contributed by atoms with Crippen LogP contribution in [0.2, 0.25) is 0 Å². The van der Waals surface area contributed by atoms with Gasteiger partial charge in [-0.05, 0) is 37.5 Å². The van der Waals surface area contributed by atoms with E-state index < -0.39 is 0 Å². The first kappa shape index (κ1) is 13.8. The van der Waals surface area contributed by atoms with E-state index in [9.17, 15) is 5.11 Å². The van der Waals surface area contributed by atoms with E-state index in [1.165, 1.54) is 0 Å². The molecule has 0 heterocycles. The molecule has 0 amide bonds. The third-order valence-electron chi connectivity index (χ3n) is 2.81. The van der Waals surface area contributed by atoms with Crippen molar-refractivity contribution < 1.29 is 5.11 Å². The minimum absolute atomic E-state index is 0.161. The highest BCUT2D eigenvalue weighted by atomic mass is 16.3. The van der Waals surface area contributed by atoms with Gasteiger partial charge in [0.25, 0.3) is 0 Å².